The van der Waals surface area contributed by atoms with E-state index >= 15 is 4.79 Å². The van der Waals surface area contributed by atoms with Gasteiger partial charge in [-0.05, 0) is 68.7 Å². The fourth-order valence-corrected chi connectivity index (χ4v) is 8.53. The standard InChI is InChI=1S/C42H55N3O7/c1-9-12-18-34(47)43(8)29(7)37(30-16-14-13-15-17-30)51-41(50)35-33-21-22-42(52-33)36(35)39(48)45(32(25-46)27(5)11-3)38(42)40(49)44(23-10-2)31-24-26(4)19-20-28(31)6/h9-10,13-17,19-20,24,27,29,32-33,35-38,46H,1-2,11-12,18,21-23,25H2,3-8H3/t27-,29+,32-,33+,35-,36-,37-,38+,42-/m0/s1. The number of likely N-dealkylation sites (tertiary alicyclic amines) is 1. The minimum atomic E-state index is -1.30. The summed E-state index contributed by atoms with van der Waals surface area (Å²) in [5.41, 5.74) is 1.98. The SMILES string of the molecule is C=CCCC(=O)N(C)[C@H](C)[C@H](OC(=O)[C@@H]1[C@H]2C(=O)N([C@@H](CO)[C@@H](C)CC)[C@H](C(=O)N(CC=C)c3cc(C)ccc3C)[C@]23CC[C@H]1O3)c1ccccc1. The summed E-state index contributed by atoms with van der Waals surface area (Å²) in [5, 5.41) is 10.8. The number of hydrogen-bond acceptors (Lipinski definition) is 7. The molecule has 280 valence electrons. The molecule has 0 radical (unpaired) electrons. The number of esters is 1. The predicted molar refractivity (Wildman–Crippen MR) is 200 cm³/mol. The van der Waals surface area contributed by atoms with Crippen molar-refractivity contribution in [1.29, 1.82) is 0 Å². The lowest BCUT2D eigenvalue weighted by atomic mass is 9.70. The second-order valence-corrected chi connectivity index (χ2v) is 14.8. The Bertz CT molecular complexity index is 1660. The van der Waals surface area contributed by atoms with Crippen molar-refractivity contribution >= 4 is 29.4 Å². The van der Waals surface area contributed by atoms with Gasteiger partial charge >= 0.3 is 5.97 Å². The summed E-state index contributed by atoms with van der Waals surface area (Å²) in [4.78, 5) is 62.5. The zero-order chi connectivity index (χ0) is 37.9. The molecule has 0 aliphatic carbocycles. The van der Waals surface area contributed by atoms with Crippen molar-refractivity contribution in [3.05, 3.63) is 90.5 Å². The van der Waals surface area contributed by atoms with Crippen molar-refractivity contribution in [1.82, 2.24) is 9.80 Å². The van der Waals surface area contributed by atoms with Crippen LogP contribution in [-0.4, -0.2) is 88.6 Å². The molecule has 3 heterocycles. The number of nitrogens with zero attached hydrogens (tertiary/aromatic N) is 3. The van der Waals surface area contributed by atoms with Crippen LogP contribution in [0.15, 0.2) is 73.8 Å². The highest BCUT2D eigenvalue weighted by atomic mass is 16.6. The first-order valence-corrected chi connectivity index (χ1v) is 18.6. The van der Waals surface area contributed by atoms with Gasteiger partial charge in [0.15, 0.2) is 0 Å². The highest BCUT2D eigenvalue weighted by Gasteiger charge is 2.76. The number of anilines is 1. The second kappa shape index (κ2) is 16.2. The third-order valence-electron chi connectivity index (χ3n) is 11.7. The van der Waals surface area contributed by atoms with Crippen molar-refractivity contribution in [2.75, 3.05) is 25.1 Å². The number of ether oxygens (including phenoxy) is 2. The smallest absolute Gasteiger partial charge is 0.313 e. The molecule has 9 atom stereocenters. The Kier molecular flexibility index (Phi) is 12.1. The van der Waals surface area contributed by atoms with Gasteiger partial charge in [-0.1, -0.05) is 74.9 Å². The molecule has 3 fully saturated rings. The number of hydrogen-bond donors (Lipinski definition) is 1. The van der Waals surface area contributed by atoms with Crippen molar-refractivity contribution in [2.45, 2.75) is 103 Å². The maximum atomic E-state index is 15.1. The van der Waals surface area contributed by atoms with Gasteiger partial charge in [-0.2, -0.15) is 0 Å². The Morgan fingerprint density at radius 1 is 1.12 bits per heavy atom. The number of benzene rings is 2. The molecule has 0 unspecified atom stereocenters. The molecule has 52 heavy (non-hydrogen) atoms. The molecule has 1 spiro atoms. The molecule has 10 heteroatoms. The van der Waals surface area contributed by atoms with E-state index in [0.717, 1.165) is 11.1 Å². The summed E-state index contributed by atoms with van der Waals surface area (Å²) in [6, 6.07) is 12.9. The van der Waals surface area contributed by atoms with E-state index in [1.807, 2.05) is 83.1 Å². The van der Waals surface area contributed by atoms with Crippen molar-refractivity contribution in [2.24, 2.45) is 17.8 Å². The zero-order valence-electron chi connectivity index (χ0n) is 31.5. The van der Waals surface area contributed by atoms with Crippen LogP contribution < -0.4 is 4.90 Å². The Morgan fingerprint density at radius 2 is 1.83 bits per heavy atom. The van der Waals surface area contributed by atoms with E-state index in [9.17, 15) is 19.5 Å². The third-order valence-corrected chi connectivity index (χ3v) is 11.7. The molecule has 10 nitrogen and oxygen atoms in total. The largest absolute Gasteiger partial charge is 0.455 e. The number of aliphatic hydroxyl groups excluding tert-OH is 1. The van der Waals surface area contributed by atoms with Gasteiger partial charge < -0.3 is 29.3 Å². The van der Waals surface area contributed by atoms with E-state index < -0.39 is 53.7 Å². The quantitative estimate of drug-likeness (QED) is 0.175. The Balaban J connectivity index is 1.56. The molecule has 5 rings (SSSR count). The van der Waals surface area contributed by atoms with E-state index in [1.54, 1.807) is 29.0 Å². The van der Waals surface area contributed by atoms with Crippen molar-refractivity contribution in [3.8, 4) is 0 Å². The number of fused-ring (bicyclic) bond motifs is 1. The van der Waals surface area contributed by atoms with Crippen LogP contribution in [-0.2, 0) is 28.7 Å². The van der Waals surface area contributed by atoms with E-state index in [2.05, 4.69) is 13.2 Å². The van der Waals surface area contributed by atoms with Crippen LogP contribution in [0.1, 0.15) is 75.7 Å². The minimum absolute atomic E-state index is 0.109. The molecule has 2 bridgehead atoms. The van der Waals surface area contributed by atoms with Crippen LogP contribution in [0.3, 0.4) is 0 Å². The maximum Gasteiger partial charge on any atom is 0.313 e. The molecule has 3 aliphatic rings. The van der Waals surface area contributed by atoms with Gasteiger partial charge in [0.1, 0.15) is 17.7 Å². The molecule has 1 N–H and O–H groups in total. The summed E-state index contributed by atoms with van der Waals surface area (Å²) in [6.45, 7) is 17.2. The minimum Gasteiger partial charge on any atom is -0.455 e. The zero-order valence-corrected chi connectivity index (χ0v) is 31.5. The van der Waals surface area contributed by atoms with Gasteiger partial charge in [0.2, 0.25) is 11.8 Å². The van der Waals surface area contributed by atoms with E-state index in [0.29, 0.717) is 36.9 Å². The summed E-state index contributed by atoms with van der Waals surface area (Å²) < 4.78 is 13.1. The fourth-order valence-electron chi connectivity index (χ4n) is 8.53. The first-order chi connectivity index (χ1) is 24.9. The molecule has 2 aromatic rings. The van der Waals surface area contributed by atoms with Gasteiger partial charge in [-0.3, -0.25) is 19.2 Å². The average molecular weight is 714 g/mol. The van der Waals surface area contributed by atoms with Gasteiger partial charge in [-0.25, -0.2) is 0 Å². The fraction of sp³-hybridized carbons (Fsp3) is 0.524. The summed E-state index contributed by atoms with van der Waals surface area (Å²) in [5.74, 6) is -3.55. The first kappa shape index (κ1) is 38.9. The summed E-state index contributed by atoms with van der Waals surface area (Å²) >= 11 is 0. The number of carbonyl (C=O) groups is 4. The first-order valence-electron chi connectivity index (χ1n) is 18.6. The number of amides is 3. The second-order valence-electron chi connectivity index (χ2n) is 14.8. The van der Waals surface area contributed by atoms with Gasteiger partial charge in [-0.15, -0.1) is 13.2 Å². The Morgan fingerprint density at radius 3 is 2.46 bits per heavy atom. The molecular formula is C42H55N3O7. The van der Waals surface area contributed by atoms with Crippen LogP contribution in [0.4, 0.5) is 5.69 Å². The number of aryl methyl sites for hydroxylation is 2. The van der Waals surface area contributed by atoms with Gasteiger partial charge in [0.05, 0.1) is 36.6 Å². The Hall–Kier alpha value is -4.28. The summed E-state index contributed by atoms with van der Waals surface area (Å²) in [6.07, 6.45) is 4.20. The van der Waals surface area contributed by atoms with Gasteiger partial charge in [0.25, 0.3) is 5.91 Å². The highest BCUT2D eigenvalue weighted by Crippen LogP contribution is 2.60. The number of likely N-dealkylation sites (N-methyl/N-ethyl adjacent to an activating group) is 1. The number of carbonyl (C=O) groups excluding carboxylic acids is 4. The maximum absolute atomic E-state index is 15.1. The number of aliphatic hydroxyl groups is 1. The third kappa shape index (κ3) is 6.95. The van der Waals surface area contributed by atoms with Crippen LogP contribution in [0, 0.1) is 31.6 Å². The van der Waals surface area contributed by atoms with Crippen LogP contribution in [0.5, 0.6) is 0 Å². The molecule has 3 amide bonds. The van der Waals surface area contributed by atoms with Crippen molar-refractivity contribution in [3.63, 3.8) is 0 Å². The molecule has 0 saturated carbocycles. The highest BCUT2D eigenvalue weighted by molar-refractivity contribution is 6.05. The van der Waals surface area contributed by atoms with Gasteiger partial charge in [0, 0.05) is 25.7 Å². The lowest BCUT2D eigenvalue weighted by Crippen LogP contribution is -2.60. The molecule has 2 aromatic carbocycles. The average Bonchev–Trinajstić information content (AvgIpc) is 3.80. The molecule has 3 saturated heterocycles. The lowest BCUT2D eigenvalue weighted by Gasteiger charge is -2.41. The monoisotopic (exact) mass is 713 g/mol. The van der Waals surface area contributed by atoms with E-state index in [4.69, 9.17) is 9.47 Å². The molecule has 0 aromatic heterocycles. The van der Waals surface area contributed by atoms with Crippen LogP contribution in [0.25, 0.3) is 0 Å². The topological polar surface area (TPSA) is 117 Å². The molecular weight excluding hydrogens is 658 g/mol. The summed E-state index contributed by atoms with van der Waals surface area (Å²) in [7, 11) is 1.69. The van der Waals surface area contributed by atoms with Crippen LogP contribution >= 0.6 is 0 Å². The van der Waals surface area contributed by atoms with Crippen molar-refractivity contribution < 1.29 is 33.8 Å². The van der Waals surface area contributed by atoms with E-state index in [1.165, 1.54) is 4.90 Å². The van der Waals surface area contributed by atoms with E-state index in [-0.39, 0.29) is 43.2 Å². The molecule has 3 aliphatic heterocycles. The Labute approximate surface area is 308 Å². The number of rotatable bonds is 16. The number of allylic oxidation sites excluding steroid dienone is 1. The lowest BCUT2D eigenvalue weighted by molar-refractivity contribution is -0.165. The normalized spacial score (nSPS) is 25.5. The predicted octanol–water partition coefficient (Wildman–Crippen LogP) is 5.70. The van der Waals surface area contributed by atoms with Crippen LogP contribution in [0.2, 0.25) is 0 Å².